The molecule has 3 aromatic rings. The number of hydrogen-bond acceptors (Lipinski definition) is 5. The van der Waals surface area contributed by atoms with Crippen LogP contribution in [-0.2, 0) is 4.79 Å². The smallest absolute Gasteiger partial charge is 0.255 e. The third-order valence-electron chi connectivity index (χ3n) is 4.59. The Morgan fingerprint density at radius 2 is 1.96 bits per heavy atom. The third-order valence-corrected chi connectivity index (χ3v) is 5.31. The lowest BCUT2D eigenvalue weighted by atomic mass is 9.95. The second-order valence-electron chi connectivity index (χ2n) is 6.30. The van der Waals surface area contributed by atoms with Crippen LogP contribution in [0, 0.1) is 0 Å². The van der Waals surface area contributed by atoms with Crippen LogP contribution in [0.25, 0.3) is 0 Å². The highest BCUT2D eigenvalue weighted by atomic mass is 79.9. The van der Waals surface area contributed by atoms with Crippen molar-refractivity contribution in [2.24, 2.45) is 0 Å². The topological polar surface area (TPSA) is 81.1 Å². The second kappa shape index (κ2) is 7.47. The number of benzene rings is 2. The van der Waals surface area contributed by atoms with Crippen molar-refractivity contribution in [1.29, 1.82) is 0 Å². The Morgan fingerprint density at radius 1 is 1.21 bits per heavy atom. The maximum atomic E-state index is 13.2. The van der Waals surface area contributed by atoms with Crippen molar-refractivity contribution in [3.63, 3.8) is 0 Å². The molecule has 0 radical (unpaired) electrons. The molecule has 7 nitrogen and oxygen atoms in total. The first-order valence-electron chi connectivity index (χ1n) is 8.65. The zero-order chi connectivity index (χ0) is 19.7. The lowest BCUT2D eigenvalue weighted by Crippen LogP contribution is -2.31. The number of fused-ring (bicyclic) bond motifs is 1. The molecule has 2 aromatic carbocycles. The SMILES string of the molecule is COc1ccc(NC(=O)C2=C(C)Nc3ncnn3[C@H]2c2ccccc2Br)cc1. The van der Waals surface area contributed by atoms with Gasteiger partial charge in [-0.25, -0.2) is 4.68 Å². The first kappa shape index (κ1) is 18.2. The van der Waals surface area contributed by atoms with E-state index in [4.69, 9.17) is 4.74 Å². The number of hydrogen-bond donors (Lipinski definition) is 2. The van der Waals surface area contributed by atoms with Crippen LogP contribution in [0.1, 0.15) is 18.5 Å². The quantitative estimate of drug-likeness (QED) is 0.642. The molecule has 142 valence electrons. The van der Waals surface area contributed by atoms with Gasteiger partial charge < -0.3 is 15.4 Å². The van der Waals surface area contributed by atoms with Gasteiger partial charge in [-0.15, -0.1) is 0 Å². The molecule has 28 heavy (non-hydrogen) atoms. The first-order chi connectivity index (χ1) is 13.6. The number of anilines is 2. The van der Waals surface area contributed by atoms with Crippen LogP contribution < -0.4 is 15.4 Å². The van der Waals surface area contributed by atoms with Gasteiger partial charge in [0.15, 0.2) is 0 Å². The van der Waals surface area contributed by atoms with Crippen molar-refractivity contribution >= 4 is 33.5 Å². The molecule has 1 aliphatic rings. The van der Waals surface area contributed by atoms with Crippen LogP contribution in [0.15, 0.2) is 70.6 Å². The van der Waals surface area contributed by atoms with Crippen molar-refractivity contribution in [2.45, 2.75) is 13.0 Å². The fourth-order valence-electron chi connectivity index (χ4n) is 3.24. The minimum absolute atomic E-state index is 0.211. The molecular formula is C20H18BrN5O2. The molecule has 1 aromatic heterocycles. The predicted octanol–water partition coefficient (Wildman–Crippen LogP) is 3.98. The summed E-state index contributed by atoms with van der Waals surface area (Å²) in [6, 6.07) is 14.6. The van der Waals surface area contributed by atoms with E-state index in [1.54, 1.807) is 36.1 Å². The van der Waals surface area contributed by atoms with Gasteiger partial charge in [-0.2, -0.15) is 10.1 Å². The summed E-state index contributed by atoms with van der Waals surface area (Å²) in [5.41, 5.74) is 2.91. The van der Waals surface area contributed by atoms with Gasteiger partial charge in [0.25, 0.3) is 5.91 Å². The molecule has 4 rings (SSSR count). The largest absolute Gasteiger partial charge is 0.497 e. The molecule has 1 aliphatic heterocycles. The van der Waals surface area contributed by atoms with E-state index >= 15 is 0 Å². The molecule has 1 amide bonds. The number of rotatable bonds is 4. The number of carbonyl (C=O) groups excluding carboxylic acids is 1. The predicted molar refractivity (Wildman–Crippen MR) is 110 cm³/mol. The van der Waals surface area contributed by atoms with Gasteiger partial charge in [0.2, 0.25) is 5.95 Å². The van der Waals surface area contributed by atoms with E-state index in [1.165, 1.54) is 6.33 Å². The van der Waals surface area contributed by atoms with Gasteiger partial charge in [-0.1, -0.05) is 34.1 Å². The summed E-state index contributed by atoms with van der Waals surface area (Å²) >= 11 is 3.60. The number of allylic oxidation sites excluding steroid dienone is 1. The van der Waals surface area contributed by atoms with Crippen LogP contribution in [0.4, 0.5) is 11.6 Å². The molecule has 0 fully saturated rings. The number of methoxy groups -OCH3 is 1. The molecule has 0 saturated carbocycles. The van der Waals surface area contributed by atoms with Gasteiger partial charge >= 0.3 is 0 Å². The standard InChI is InChI=1S/C20H18BrN5O2/c1-12-17(19(27)25-13-7-9-14(28-2)10-8-13)18(15-5-3-4-6-16(15)21)26-20(24-12)22-11-23-26/h3-11,18H,1-2H3,(H,25,27)(H,22,23,24)/t18-/m0/s1. The molecule has 1 atom stereocenters. The van der Waals surface area contributed by atoms with Gasteiger partial charge in [0.1, 0.15) is 18.1 Å². The summed E-state index contributed by atoms with van der Waals surface area (Å²) in [7, 11) is 1.60. The Balaban J connectivity index is 1.74. The molecule has 0 aliphatic carbocycles. The third kappa shape index (κ3) is 3.27. The summed E-state index contributed by atoms with van der Waals surface area (Å²) in [6.45, 7) is 1.87. The van der Waals surface area contributed by atoms with E-state index in [9.17, 15) is 4.79 Å². The molecule has 8 heteroatoms. The molecule has 0 bridgehead atoms. The zero-order valence-electron chi connectivity index (χ0n) is 15.3. The van der Waals surface area contributed by atoms with Crippen LogP contribution in [0.3, 0.4) is 0 Å². The summed E-state index contributed by atoms with van der Waals surface area (Å²) < 4.78 is 7.78. The number of carbonyl (C=O) groups is 1. The molecule has 2 N–H and O–H groups in total. The Morgan fingerprint density at radius 3 is 2.68 bits per heavy atom. The van der Waals surface area contributed by atoms with E-state index in [-0.39, 0.29) is 5.91 Å². The fraction of sp³-hybridized carbons (Fsp3) is 0.150. The highest BCUT2D eigenvalue weighted by molar-refractivity contribution is 9.10. The fourth-order valence-corrected chi connectivity index (χ4v) is 3.74. The summed E-state index contributed by atoms with van der Waals surface area (Å²) in [5, 5.41) is 10.5. The van der Waals surface area contributed by atoms with Crippen molar-refractivity contribution in [3.05, 3.63) is 76.2 Å². The number of amides is 1. The molecule has 0 spiro atoms. The van der Waals surface area contributed by atoms with Crippen molar-refractivity contribution < 1.29 is 9.53 Å². The lowest BCUT2D eigenvalue weighted by molar-refractivity contribution is -0.113. The summed E-state index contributed by atoms with van der Waals surface area (Å²) in [4.78, 5) is 17.5. The number of nitrogens with zero attached hydrogens (tertiary/aromatic N) is 3. The molecule has 0 unspecified atom stereocenters. The van der Waals surface area contributed by atoms with Crippen LogP contribution in [0.5, 0.6) is 5.75 Å². The number of halogens is 1. The summed E-state index contributed by atoms with van der Waals surface area (Å²) in [5.74, 6) is 1.11. The van der Waals surface area contributed by atoms with E-state index in [1.807, 2.05) is 31.2 Å². The molecule has 0 saturated heterocycles. The Labute approximate surface area is 170 Å². The van der Waals surface area contributed by atoms with Gasteiger partial charge in [-0.05, 0) is 42.8 Å². The Hall–Kier alpha value is -3.13. The normalized spacial score (nSPS) is 15.6. The van der Waals surface area contributed by atoms with Crippen molar-refractivity contribution in [2.75, 3.05) is 17.7 Å². The van der Waals surface area contributed by atoms with Crippen LogP contribution >= 0.6 is 15.9 Å². The maximum absolute atomic E-state index is 13.2. The van der Waals surface area contributed by atoms with E-state index in [0.29, 0.717) is 17.2 Å². The zero-order valence-corrected chi connectivity index (χ0v) is 16.9. The highest BCUT2D eigenvalue weighted by Crippen LogP contribution is 2.38. The van der Waals surface area contributed by atoms with Gasteiger partial charge in [0, 0.05) is 15.9 Å². The number of aromatic nitrogens is 3. The summed E-state index contributed by atoms with van der Waals surface area (Å²) in [6.07, 6.45) is 1.48. The van der Waals surface area contributed by atoms with Crippen molar-refractivity contribution in [1.82, 2.24) is 14.8 Å². The first-order valence-corrected chi connectivity index (χ1v) is 9.45. The average molecular weight is 440 g/mol. The Kier molecular flexibility index (Phi) is 4.87. The molecule has 2 heterocycles. The lowest BCUT2D eigenvalue weighted by Gasteiger charge is -2.29. The second-order valence-corrected chi connectivity index (χ2v) is 7.15. The van der Waals surface area contributed by atoms with Crippen molar-refractivity contribution in [3.8, 4) is 5.75 Å². The van der Waals surface area contributed by atoms with Crippen LogP contribution in [-0.4, -0.2) is 27.8 Å². The molecular weight excluding hydrogens is 422 g/mol. The highest BCUT2D eigenvalue weighted by Gasteiger charge is 2.34. The van der Waals surface area contributed by atoms with Gasteiger partial charge in [0.05, 0.1) is 12.7 Å². The van der Waals surface area contributed by atoms with Crippen LogP contribution in [0.2, 0.25) is 0 Å². The minimum Gasteiger partial charge on any atom is -0.497 e. The average Bonchev–Trinajstić information content (AvgIpc) is 3.16. The number of ether oxygens (including phenoxy) is 1. The monoisotopic (exact) mass is 439 g/mol. The maximum Gasteiger partial charge on any atom is 0.255 e. The van der Waals surface area contributed by atoms with E-state index in [2.05, 4.69) is 36.6 Å². The number of nitrogens with one attached hydrogen (secondary N) is 2. The van der Waals surface area contributed by atoms with E-state index < -0.39 is 6.04 Å². The minimum atomic E-state index is -0.410. The van der Waals surface area contributed by atoms with E-state index in [0.717, 1.165) is 21.5 Å². The van der Waals surface area contributed by atoms with Gasteiger partial charge in [-0.3, -0.25) is 4.79 Å². The Bertz CT molecular complexity index is 1060.